The van der Waals surface area contributed by atoms with E-state index in [1.54, 1.807) is 0 Å². The fourth-order valence-electron chi connectivity index (χ4n) is 2.59. The second-order valence-electron chi connectivity index (χ2n) is 4.79. The molecule has 1 N–H and O–H groups in total. The molecule has 96 valence electrons. The maximum absolute atomic E-state index is 3.30. The first-order valence-electron chi connectivity index (χ1n) is 6.29. The summed E-state index contributed by atoms with van der Waals surface area (Å²) < 4.78 is 0. The minimum atomic E-state index is 0. The monoisotopic (exact) mass is 254 g/mol. The standard InChI is InChI=1S/C14H22N2.ClH/c1-15-10-14-8-5-9-16(12-14)11-13-6-3-2-4-7-13;/h2-4,6-7,14-15H,5,8-12H2,1H3;1H. The van der Waals surface area contributed by atoms with Gasteiger partial charge in [-0.25, -0.2) is 0 Å². The first-order chi connectivity index (χ1) is 7.88. The van der Waals surface area contributed by atoms with Crippen molar-refractivity contribution in [2.75, 3.05) is 26.7 Å². The molecule has 1 saturated heterocycles. The van der Waals surface area contributed by atoms with Crippen LogP contribution in [0.25, 0.3) is 0 Å². The summed E-state index contributed by atoms with van der Waals surface area (Å²) in [5.74, 6) is 0.836. The molecule has 0 amide bonds. The van der Waals surface area contributed by atoms with Crippen molar-refractivity contribution in [1.82, 2.24) is 10.2 Å². The second kappa shape index (κ2) is 7.70. The third-order valence-electron chi connectivity index (χ3n) is 3.34. The van der Waals surface area contributed by atoms with E-state index in [1.807, 2.05) is 0 Å². The molecular weight excluding hydrogens is 232 g/mol. The molecule has 0 aromatic heterocycles. The van der Waals surface area contributed by atoms with Gasteiger partial charge in [-0.2, -0.15) is 0 Å². The zero-order valence-corrected chi connectivity index (χ0v) is 11.4. The minimum absolute atomic E-state index is 0. The van der Waals surface area contributed by atoms with Gasteiger partial charge in [0.25, 0.3) is 0 Å². The SMILES string of the molecule is CNCC1CCCN(Cc2ccccc2)C1.Cl. The van der Waals surface area contributed by atoms with Crippen LogP contribution < -0.4 is 5.32 Å². The van der Waals surface area contributed by atoms with Crippen LogP contribution in [0, 0.1) is 5.92 Å². The molecule has 2 rings (SSSR count). The van der Waals surface area contributed by atoms with E-state index >= 15 is 0 Å². The van der Waals surface area contributed by atoms with Crippen molar-refractivity contribution in [1.29, 1.82) is 0 Å². The Labute approximate surface area is 111 Å². The van der Waals surface area contributed by atoms with Gasteiger partial charge >= 0.3 is 0 Å². The molecule has 1 aromatic carbocycles. The third-order valence-corrected chi connectivity index (χ3v) is 3.34. The van der Waals surface area contributed by atoms with Crippen LogP contribution in [-0.4, -0.2) is 31.6 Å². The van der Waals surface area contributed by atoms with Gasteiger partial charge in [-0.05, 0) is 44.5 Å². The van der Waals surface area contributed by atoms with E-state index in [0.717, 1.165) is 19.0 Å². The van der Waals surface area contributed by atoms with E-state index in [0.29, 0.717) is 0 Å². The van der Waals surface area contributed by atoms with Crippen LogP contribution in [0.3, 0.4) is 0 Å². The van der Waals surface area contributed by atoms with Crippen LogP contribution in [0.2, 0.25) is 0 Å². The quantitative estimate of drug-likeness (QED) is 0.889. The number of hydrogen-bond acceptors (Lipinski definition) is 2. The van der Waals surface area contributed by atoms with Gasteiger partial charge in [-0.1, -0.05) is 30.3 Å². The van der Waals surface area contributed by atoms with Gasteiger partial charge in [-0.15, -0.1) is 12.4 Å². The van der Waals surface area contributed by atoms with Gasteiger partial charge in [0.1, 0.15) is 0 Å². The normalized spacial score (nSPS) is 20.9. The van der Waals surface area contributed by atoms with Crippen molar-refractivity contribution in [2.45, 2.75) is 19.4 Å². The van der Waals surface area contributed by atoms with Crippen LogP contribution >= 0.6 is 12.4 Å². The summed E-state index contributed by atoms with van der Waals surface area (Å²) >= 11 is 0. The molecule has 0 radical (unpaired) electrons. The van der Waals surface area contributed by atoms with E-state index in [2.05, 4.69) is 47.6 Å². The summed E-state index contributed by atoms with van der Waals surface area (Å²) in [4.78, 5) is 2.58. The molecule has 1 fully saturated rings. The summed E-state index contributed by atoms with van der Waals surface area (Å²) in [6.07, 6.45) is 2.73. The molecule has 1 aliphatic rings. The fourth-order valence-corrected chi connectivity index (χ4v) is 2.59. The zero-order chi connectivity index (χ0) is 11.2. The molecule has 0 bridgehead atoms. The Kier molecular flexibility index (Phi) is 6.56. The molecule has 1 unspecified atom stereocenters. The Bertz CT molecular complexity index is 300. The minimum Gasteiger partial charge on any atom is -0.319 e. The molecule has 1 aliphatic heterocycles. The fraction of sp³-hybridized carbons (Fsp3) is 0.571. The average Bonchev–Trinajstić information content (AvgIpc) is 2.31. The lowest BCUT2D eigenvalue weighted by molar-refractivity contribution is 0.167. The molecule has 17 heavy (non-hydrogen) atoms. The maximum Gasteiger partial charge on any atom is 0.0233 e. The van der Waals surface area contributed by atoms with Crippen LogP contribution in [0.4, 0.5) is 0 Å². The van der Waals surface area contributed by atoms with Crippen LogP contribution in [0.15, 0.2) is 30.3 Å². The van der Waals surface area contributed by atoms with E-state index in [1.165, 1.54) is 31.5 Å². The van der Waals surface area contributed by atoms with Crippen LogP contribution in [0.5, 0.6) is 0 Å². The smallest absolute Gasteiger partial charge is 0.0233 e. The van der Waals surface area contributed by atoms with Crippen molar-refractivity contribution in [3.63, 3.8) is 0 Å². The third kappa shape index (κ3) is 4.66. The lowest BCUT2D eigenvalue weighted by atomic mass is 9.97. The zero-order valence-electron chi connectivity index (χ0n) is 10.6. The molecule has 0 saturated carbocycles. The highest BCUT2D eigenvalue weighted by molar-refractivity contribution is 5.85. The van der Waals surface area contributed by atoms with Gasteiger partial charge in [0.2, 0.25) is 0 Å². The first-order valence-corrected chi connectivity index (χ1v) is 6.29. The van der Waals surface area contributed by atoms with Gasteiger partial charge in [0.05, 0.1) is 0 Å². The van der Waals surface area contributed by atoms with Crippen molar-refractivity contribution in [3.8, 4) is 0 Å². The molecule has 3 heteroatoms. The van der Waals surface area contributed by atoms with Crippen LogP contribution in [0.1, 0.15) is 18.4 Å². The Morgan fingerprint density at radius 3 is 2.76 bits per heavy atom. The number of hydrogen-bond donors (Lipinski definition) is 1. The Hall–Kier alpha value is -0.570. The summed E-state index contributed by atoms with van der Waals surface area (Å²) in [7, 11) is 2.05. The van der Waals surface area contributed by atoms with Gasteiger partial charge in [0, 0.05) is 13.1 Å². The number of piperidine rings is 1. The van der Waals surface area contributed by atoms with E-state index in [4.69, 9.17) is 0 Å². The highest BCUT2D eigenvalue weighted by Crippen LogP contribution is 2.17. The molecule has 1 atom stereocenters. The van der Waals surface area contributed by atoms with E-state index < -0.39 is 0 Å². The highest BCUT2D eigenvalue weighted by atomic mass is 35.5. The van der Waals surface area contributed by atoms with Crippen molar-refractivity contribution >= 4 is 12.4 Å². The van der Waals surface area contributed by atoms with Gasteiger partial charge in [-0.3, -0.25) is 4.90 Å². The number of nitrogens with zero attached hydrogens (tertiary/aromatic N) is 1. The molecular formula is C14H23ClN2. The van der Waals surface area contributed by atoms with Crippen molar-refractivity contribution in [3.05, 3.63) is 35.9 Å². The lowest BCUT2D eigenvalue weighted by Gasteiger charge is -2.32. The Balaban J connectivity index is 0.00000144. The summed E-state index contributed by atoms with van der Waals surface area (Å²) in [6, 6.07) is 10.8. The Morgan fingerprint density at radius 2 is 2.06 bits per heavy atom. The maximum atomic E-state index is 3.30. The summed E-state index contributed by atoms with van der Waals surface area (Å²) in [6.45, 7) is 4.77. The van der Waals surface area contributed by atoms with Crippen LogP contribution in [-0.2, 0) is 6.54 Å². The molecule has 1 aromatic rings. The topological polar surface area (TPSA) is 15.3 Å². The highest BCUT2D eigenvalue weighted by Gasteiger charge is 2.18. The number of halogens is 1. The second-order valence-corrected chi connectivity index (χ2v) is 4.79. The predicted octanol–water partition coefficient (Wildman–Crippen LogP) is 2.54. The summed E-state index contributed by atoms with van der Waals surface area (Å²) in [5, 5.41) is 3.30. The van der Waals surface area contributed by atoms with Gasteiger partial charge in [0.15, 0.2) is 0 Å². The number of likely N-dealkylation sites (tertiary alicyclic amines) is 1. The lowest BCUT2D eigenvalue weighted by Crippen LogP contribution is -2.38. The predicted molar refractivity (Wildman–Crippen MR) is 75.6 cm³/mol. The van der Waals surface area contributed by atoms with Crippen molar-refractivity contribution in [2.24, 2.45) is 5.92 Å². The number of rotatable bonds is 4. The molecule has 0 spiro atoms. The molecule has 2 nitrogen and oxygen atoms in total. The Morgan fingerprint density at radius 1 is 1.29 bits per heavy atom. The van der Waals surface area contributed by atoms with Crippen molar-refractivity contribution < 1.29 is 0 Å². The first kappa shape index (κ1) is 14.5. The molecule has 1 heterocycles. The average molecular weight is 255 g/mol. The number of benzene rings is 1. The largest absolute Gasteiger partial charge is 0.319 e. The van der Waals surface area contributed by atoms with E-state index in [9.17, 15) is 0 Å². The van der Waals surface area contributed by atoms with E-state index in [-0.39, 0.29) is 12.4 Å². The summed E-state index contributed by atoms with van der Waals surface area (Å²) in [5.41, 5.74) is 1.44. The molecule has 0 aliphatic carbocycles. The number of nitrogens with one attached hydrogen (secondary N) is 1. The van der Waals surface area contributed by atoms with Gasteiger partial charge < -0.3 is 5.32 Å².